The molecule has 0 radical (unpaired) electrons. The lowest BCUT2D eigenvalue weighted by Crippen LogP contribution is -2.30. The number of ether oxygens (including phenoxy) is 3. The molecule has 0 heterocycles. The summed E-state index contributed by atoms with van der Waals surface area (Å²) in [6, 6.07) is 0. The summed E-state index contributed by atoms with van der Waals surface area (Å²) in [4.78, 5) is 37.8. The molecular formula is C63H108O6. The third kappa shape index (κ3) is 55.4. The Kier molecular flexibility index (Phi) is 54.3. The Bertz CT molecular complexity index is 1330. The Balaban J connectivity index is 4.18. The maximum absolute atomic E-state index is 12.8. The molecule has 0 rings (SSSR count). The van der Waals surface area contributed by atoms with Crippen LogP contribution >= 0.6 is 0 Å². The van der Waals surface area contributed by atoms with Gasteiger partial charge in [0.1, 0.15) is 13.2 Å². The fourth-order valence-electron chi connectivity index (χ4n) is 8.08. The van der Waals surface area contributed by atoms with Crippen LogP contribution in [-0.4, -0.2) is 37.2 Å². The molecule has 1 atom stereocenters. The van der Waals surface area contributed by atoms with Crippen LogP contribution in [-0.2, 0) is 28.6 Å². The molecule has 0 aromatic heterocycles. The highest BCUT2D eigenvalue weighted by atomic mass is 16.6. The molecule has 0 aromatic carbocycles. The van der Waals surface area contributed by atoms with Crippen molar-refractivity contribution >= 4 is 17.9 Å². The number of allylic oxidation sites excluding steroid dienone is 14. The van der Waals surface area contributed by atoms with E-state index in [4.69, 9.17) is 14.2 Å². The quantitative estimate of drug-likeness (QED) is 0.0262. The maximum Gasteiger partial charge on any atom is 0.306 e. The third-order valence-electron chi connectivity index (χ3n) is 12.4. The van der Waals surface area contributed by atoms with Gasteiger partial charge in [0.05, 0.1) is 0 Å². The van der Waals surface area contributed by atoms with Crippen LogP contribution < -0.4 is 0 Å². The zero-order valence-electron chi connectivity index (χ0n) is 45.3. The molecule has 0 aromatic rings. The number of carbonyl (C=O) groups excluding carboxylic acids is 3. The molecule has 0 aliphatic heterocycles. The van der Waals surface area contributed by atoms with Gasteiger partial charge in [-0.3, -0.25) is 14.4 Å². The van der Waals surface area contributed by atoms with Crippen molar-refractivity contribution in [2.45, 2.75) is 284 Å². The first-order valence-electron chi connectivity index (χ1n) is 29.1. The third-order valence-corrected chi connectivity index (χ3v) is 12.4. The minimum atomic E-state index is -0.795. The zero-order chi connectivity index (χ0) is 50.0. The molecule has 0 spiro atoms. The highest BCUT2D eigenvalue weighted by Crippen LogP contribution is 2.16. The standard InChI is InChI=1S/C63H108O6/c1-4-7-10-13-15-17-19-21-23-25-27-29-31-33-35-37-39-41-43-45-47-50-53-56-62(65)68-59-60(58-67-61(64)55-52-49-12-9-6-3)69-63(66)57-54-51-48-46-44-42-40-38-36-34-32-30-28-26-24-22-20-18-16-14-11-8-5-2/h7,10,15,17,21,23,27,29,33,35,39,41,45,47,60H,4-6,8-9,11-14,16,18-20,22,24-26,28,30-32,34,36-38,40,42-44,46,48-59H2,1-3H3/b10-7-,17-15-,23-21-,29-27-,35-33-,41-39-,47-45-. The highest BCUT2D eigenvalue weighted by molar-refractivity contribution is 5.71. The minimum absolute atomic E-state index is 0.0937. The molecule has 69 heavy (non-hydrogen) atoms. The van der Waals surface area contributed by atoms with Gasteiger partial charge in [-0.1, -0.05) is 273 Å². The van der Waals surface area contributed by atoms with Gasteiger partial charge in [0.2, 0.25) is 0 Å². The van der Waals surface area contributed by atoms with Gasteiger partial charge in [-0.15, -0.1) is 0 Å². The van der Waals surface area contributed by atoms with Crippen molar-refractivity contribution in [3.63, 3.8) is 0 Å². The van der Waals surface area contributed by atoms with Crippen LogP contribution in [0.5, 0.6) is 0 Å². The molecule has 0 saturated heterocycles. The van der Waals surface area contributed by atoms with Crippen molar-refractivity contribution < 1.29 is 28.6 Å². The first-order valence-corrected chi connectivity index (χ1v) is 29.1. The normalized spacial score (nSPS) is 12.7. The number of esters is 3. The molecule has 1 unspecified atom stereocenters. The van der Waals surface area contributed by atoms with Crippen LogP contribution in [0.25, 0.3) is 0 Å². The second-order valence-corrected chi connectivity index (χ2v) is 19.2. The van der Waals surface area contributed by atoms with Gasteiger partial charge in [0.15, 0.2) is 6.10 Å². The fourth-order valence-corrected chi connectivity index (χ4v) is 8.08. The van der Waals surface area contributed by atoms with E-state index in [2.05, 4.69) is 106 Å². The Morgan fingerprint density at radius 3 is 0.884 bits per heavy atom. The number of hydrogen-bond acceptors (Lipinski definition) is 6. The van der Waals surface area contributed by atoms with Gasteiger partial charge >= 0.3 is 17.9 Å². The summed E-state index contributed by atoms with van der Waals surface area (Å²) in [5.41, 5.74) is 0. The molecule has 0 fully saturated rings. The zero-order valence-corrected chi connectivity index (χ0v) is 45.3. The Morgan fingerprint density at radius 2 is 0.565 bits per heavy atom. The minimum Gasteiger partial charge on any atom is -0.462 e. The summed E-state index contributed by atoms with van der Waals surface area (Å²) in [6.45, 7) is 6.41. The molecule has 0 N–H and O–H groups in total. The van der Waals surface area contributed by atoms with E-state index >= 15 is 0 Å². The lowest BCUT2D eigenvalue weighted by atomic mass is 10.0. The summed E-state index contributed by atoms with van der Waals surface area (Å²) in [5.74, 6) is -0.963. The first kappa shape index (κ1) is 65.6. The van der Waals surface area contributed by atoms with Crippen LogP contribution in [0.3, 0.4) is 0 Å². The van der Waals surface area contributed by atoms with Crippen LogP contribution in [0.4, 0.5) is 0 Å². The van der Waals surface area contributed by atoms with Gasteiger partial charge in [-0.05, 0) is 70.6 Å². The number of carbonyl (C=O) groups is 3. The van der Waals surface area contributed by atoms with Crippen LogP contribution in [0.15, 0.2) is 85.1 Å². The smallest absolute Gasteiger partial charge is 0.306 e. The van der Waals surface area contributed by atoms with E-state index < -0.39 is 6.10 Å². The number of unbranched alkanes of at least 4 members (excludes halogenated alkanes) is 27. The van der Waals surface area contributed by atoms with E-state index in [1.807, 2.05) is 0 Å². The first-order chi connectivity index (χ1) is 34.0. The van der Waals surface area contributed by atoms with Gasteiger partial charge < -0.3 is 14.2 Å². The van der Waals surface area contributed by atoms with Gasteiger partial charge in [0, 0.05) is 19.3 Å². The van der Waals surface area contributed by atoms with E-state index in [0.29, 0.717) is 19.3 Å². The lowest BCUT2D eigenvalue weighted by Gasteiger charge is -2.18. The molecule has 0 amide bonds. The topological polar surface area (TPSA) is 78.9 Å². The van der Waals surface area contributed by atoms with Crippen molar-refractivity contribution in [3.05, 3.63) is 85.1 Å². The lowest BCUT2D eigenvalue weighted by molar-refractivity contribution is -0.167. The second kappa shape index (κ2) is 57.2. The summed E-state index contributed by atoms with van der Waals surface area (Å²) in [6.07, 6.45) is 74.9. The van der Waals surface area contributed by atoms with Crippen LogP contribution in [0.1, 0.15) is 278 Å². The molecule has 0 bridgehead atoms. The van der Waals surface area contributed by atoms with E-state index in [9.17, 15) is 14.4 Å². The van der Waals surface area contributed by atoms with Crippen molar-refractivity contribution in [3.8, 4) is 0 Å². The molecule has 6 nitrogen and oxygen atoms in total. The van der Waals surface area contributed by atoms with Crippen molar-refractivity contribution in [2.24, 2.45) is 0 Å². The van der Waals surface area contributed by atoms with E-state index in [-0.39, 0.29) is 37.5 Å². The van der Waals surface area contributed by atoms with Crippen LogP contribution in [0.2, 0.25) is 0 Å². The molecule has 396 valence electrons. The molecule has 0 saturated carbocycles. The summed E-state index contributed by atoms with van der Waals surface area (Å²) in [5, 5.41) is 0. The highest BCUT2D eigenvalue weighted by Gasteiger charge is 2.19. The molecular weight excluding hydrogens is 853 g/mol. The van der Waals surface area contributed by atoms with E-state index in [1.54, 1.807) is 0 Å². The van der Waals surface area contributed by atoms with E-state index in [0.717, 1.165) is 96.3 Å². The Hall–Kier alpha value is -3.41. The largest absolute Gasteiger partial charge is 0.462 e. The van der Waals surface area contributed by atoms with E-state index in [1.165, 1.54) is 135 Å². The Morgan fingerprint density at radius 1 is 0.304 bits per heavy atom. The van der Waals surface area contributed by atoms with Gasteiger partial charge in [-0.25, -0.2) is 0 Å². The van der Waals surface area contributed by atoms with Crippen LogP contribution in [0, 0.1) is 0 Å². The van der Waals surface area contributed by atoms with Crippen molar-refractivity contribution in [2.75, 3.05) is 13.2 Å². The predicted octanol–water partition coefficient (Wildman–Crippen LogP) is 19.5. The Labute approximate surface area is 426 Å². The summed E-state index contributed by atoms with van der Waals surface area (Å²) < 4.78 is 16.7. The maximum atomic E-state index is 12.8. The van der Waals surface area contributed by atoms with Gasteiger partial charge in [-0.2, -0.15) is 0 Å². The van der Waals surface area contributed by atoms with Crippen molar-refractivity contribution in [1.29, 1.82) is 0 Å². The number of rotatable bonds is 52. The SMILES string of the molecule is CC/C=C\C/C=C\C/C=C\C/C=C\C/C=C\C/C=C\C/C=C\CCCC(=O)OCC(COC(=O)CCCCCCC)OC(=O)CCCCCCCCCCCCCCCCCCCCCCCCC. The van der Waals surface area contributed by atoms with Crippen molar-refractivity contribution in [1.82, 2.24) is 0 Å². The number of hydrogen-bond donors (Lipinski definition) is 0. The average Bonchev–Trinajstić information content (AvgIpc) is 3.35. The molecule has 0 aliphatic carbocycles. The predicted molar refractivity (Wildman–Crippen MR) is 297 cm³/mol. The molecule has 6 heteroatoms. The average molecular weight is 962 g/mol. The monoisotopic (exact) mass is 961 g/mol. The van der Waals surface area contributed by atoms with Gasteiger partial charge in [0.25, 0.3) is 0 Å². The summed E-state index contributed by atoms with van der Waals surface area (Å²) >= 11 is 0. The summed E-state index contributed by atoms with van der Waals surface area (Å²) in [7, 11) is 0. The fraction of sp³-hybridized carbons (Fsp3) is 0.730. The second-order valence-electron chi connectivity index (χ2n) is 19.2. The molecule has 0 aliphatic rings.